The van der Waals surface area contributed by atoms with E-state index in [4.69, 9.17) is 0 Å². The van der Waals surface area contributed by atoms with Crippen molar-refractivity contribution in [3.8, 4) is 0 Å². The maximum Gasteiger partial charge on any atom is 0.137 e. The highest BCUT2D eigenvalue weighted by molar-refractivity contribution is 5.96. The van der Waals surface area contributed by atoms with Gasteiger partial charge in [0.15, 0.2) is 0 Å². The summed E-state index contributed by atoms with van der Waals surface area (Å²) < 4.78 is 0. The number of carbonyl (C=O) groups is 2. The molecule has 0 aromatic carbocycles. The van der Waals surface area contributed by atoms with E-state index in [1.165, 1.54) is 0 Å². The van der Waals surface area contributed by atoms with E-state index in [1.807, 2.05) is 0 Å². The molecule has 6 atom stereocenters. The Labute approximate surface area is 82.4 Å². The van der Waals surface area contributed by atoms with Crippen LogP contribution >= 0.6 is 0 Å². The molecule has 0 aromatic heterocycles. The summed E-state index contributed by atoms with van der Waals surface area (Å²) in [4.78, 5) is 23.6. The highest BCUT2D eigenvalue weighted by atomic mass is 16.1. The molecule has 14 heavy (non-hydrogen) atoms. The zero-order chi connectivity index (χ0) is 9.45. The fourth-order valence-electron chi connectivity index (χ4n) is 4.51. The second kappa shape index (κ2) is 2.02. The first-order chi connectivity index (χ1) is 6.77. The fourth-order valence-corrected chi connectivity index (χ4v) is 4.51. The third kappa shape index (κ3) is 0.579. The molecule has 0 aliphatic heterocycles. The number of rotatable bonds is 0. The first-order valence-corrected chi connectivity index (χ1v) is 5.51. The maximum atomic E-state index is 11.8. The van der Waals surface area contributed by atoms with Crippen LogP contribution in [0, 0.1) is 35.5 Å². The summed E-state index contributed by atoms with van der Waals surface area (Å²) in [6, 6.07) is 0. The predicted molar refractivity (Wildman–Crippen MR) is 49.3 cm³/mol. The minimum absolute atomic E-state index is 0.0845. The van der Waals surface area contributed by atoms with Crippen molar-refractivity contribution in [1.29, 1.82) is 0 Å². The van der Waals surface area contributed by atoms with Gasteiger partial charge >= 0.3 is 0 Å². The van der Waals surface area contributed by atoms with Gasteiger partial charge in [-0.05, 0) is 23.7 Å². The topological polar surface area (TPSA) is 34.1 Å². The van der Waals surface area contributed by atoms with Crippen LogP contribution in [0.2, 0.25) is 0 Å². The molecule has 0 N–H and O–H groups in total. The van der Waals surface area contributed by atoms with E-state index >= 15 is 0 Å². The zero-order valence-electron chi connectivity index (χ0n) is 7.85. The van der Waals surface area contributed by atoms with Crippen molar-refractivity contribution in [2.45, 2.75) is 12.8 Å². The van der Waals surface area contributed by atoms with Gasteiger partial charge in [0.05, 0.1) is 0 Å². The highest BCUT2D eigenvalue weighted by Crippen LogP contribution is 2.62. The molecule has 6 bridgehead atoms. The van der Waals surface area contributed by atoms with E-state index in [0.29, 0.717) is 35.2 Å². The van der Waals surface area contributed by atoms with Gasteiger partial charge in [-0.3, -0.25) is 9.59 Å². The van der Waals surface area contributed by atoms with Gasteiger partial charge in [-0.25, -0.2) is 0 Å². The summed E-state index contributed by atoms with van der Waals surface area (Å²) in [5.74, 6) is 2.80. The summed E-state index contributed by atoms with van der Waals surface area (Å²) in [6.07, 6.45) is 5.95. The molecule has 0 saturated heterocycles. The number of hydrogen-bond donors (Lipinski definition) is 0. The van der Waals surface area contributed by atoms with Crippen LogP contribution in [0.5, 0.6) is 0 Å². The van der Waals surface area contributed by atoms with Gasteiger partial charge in [-0.15, -0.1) is 0 Å². The van der Waals surface area contributed by atoms with Crippen molar-refractivity contribution in [2.24, 2.45) is 35.5 Å². The summed E-state index contributed by atoms with van der Waals surface area (Å²) in [6.45, 7) is 0. The van der Waals surface area contributed by atoms with Crippen molar-refractivity contribution in [3.63, 3.8) is 0 Å². The van der Waals surface area contributed by atoms with Crippen LogP contribution in [0.3, 0.4) is 0 Å². The number of Topliss-reactive ketones (excluding diaryl/α,β-unsaturated/α-hetero) is 2. The number of ketones is 2. The minimum Gasteiger partial charge on any atom is -0.299 e. The molecule has 72 valence electrons. The average Bonchev–Trinajstić information content (AvgIpc) is 2.61. The first kappa shape index (κ1) is 7.38. The van der Waals surface area contributed by atoms with Crippen LogP contribution < -0.4 is 0 Å². The van der Waals surface area contributed by atoms with Gasteiger partial charge in [0.1, 0.15) is 11.6 Å². The molecule has 0 aromatic rings. The molecular formula is C12H12O2. The minimum atomic E-state index is 0.0845. The summed E-state index contributed by atoms with van der Waals surface area (Å²) in [5.41, 5.74) is 0. The van der Waals surface area contributed by atoms with E-state index in [-0.39, 0.29) is 11.8 Å². The zero-order valence-corrected chi connectivity index (χ0v) is 7.85. The second-order valence-electron chi connectivity index (χ2n) is 5.26. The molecule has 0 radical (unpaired) electrons. The average molecular weight is 188 g/mol. The molecule has 0 heterocycles. The molecule has 0 unspecified atom stereocenters. The molecule has 0 spiro atoms. The molecule has 2 nitrogen and oxygen atoms in total. The molecule has 0 amide bonds. The van der Waals surface area contributed by atoms with Crippen LogP contribution in [0.25, 0.3) is 0 Å². The monoisotopic (exact) mass is 188 g/mol. The molecule has 5 rings (SSSR count). The molecule has 5 aliphatic rings. The van der Waals surface area contributed by atoms with E-state index < -0.39 is 0 Å². The fraction of sp³-hybridized carbons (Fsp3) is 0.667. The van der Waals surface area contributed by atoms with Gasteiger partial charge in [0.25, 0.3) is 0 Å². The van der Waals surface area contributed by atoms with E-state index in [1.54, 1.807) is 0 Å². The lowest BCUT2D eigenvalue weighted by Crippen LogP contribution is -2.40. The summed E-state index contributed by atoms with van der Waals surface area (Å²) in [7, 11) is 0. The van der Waals surface area contributed by atoms with Crippen LogP contribution in [-0.4, -0.2) is 11.6 Å². The van der Waals surface area contributed by atoms with Crippen LogP contribution in [-0.2, 0) is 9.59 Å². The Morgan fingerprint density at radius 3 is 1.71 bits per heavy atom. The Kier molecular flexibility index (Phi) is 1.07. The Balaban J connectivity index is 1.97. The number of allylic oxidation sites excluding steroid dienone is 2. The Hall–Kier alpha value is -0.920. The first-order valence-electron chi connectivity index (χ1n) is 5.51. The Bertz CT molecular complexity index is 346. The largest absolute Gasteiger partial charge is 0.299 e. The SMILES string of the molecule is O=C1C[C@H]2[C@H]3C=C[C@H]4[C@H]2CC(=O)[C@@H]4[C@H]13. The smallest absolute Gasteiger partial charge is 0.137 e. The normalized spacial score (nSPS) is 57.4. The highest BCUT2D eigenvalue weighted by Gasteiger charge is 2.64. The van der Waals surface area contributed by atoms with Crippen molar-refractivity contribution in [1.82, 2.24) is 0 Å². The maximum absolute atomic E-state index is 11.8. The summed E-state index contributed by atoms with van der Waals surface area (Å²) >= 11 is 0. The van der Waals surface area contributed by atoms with Crippen LogP contribution in [0.15, 0.2) is 12.2 Å². The van der Waals surface area contributed by atoms with Gasteiger partial charge in [0.2, 0.25) is 0 Å². The molecule has 3 fully saturated rings. The van der Waals surface area contributed by atoms with Gasteiger partial charge in [-0.1, -0.05) is 12.2 Å². The predicted octanol–water partition coefficient (Wildman–Crippen LogP) is 1.21. The van der Waals surface area contributed by atoms with Gasteiger partial charge in [0, 0.05) is 24.7 Å². The molecule has 5 aliphatic carbocycles. The number of carbonyl (C=O) groups excluding carboxylic acids is 2. The van der Waals surface area contributed by atoms with E-state index in [0.717, 1.165) is 12.8 Å². The summed E-state index contributed by atoms with van der Waals surface area (Å²) in [5, 5.41) is 0. The van der Waals surface area contributed by atoms with Gasteiger partial charge in [-0.2, -0.15) is 0 Å². The number of hydrogen-bond acceptors (Lipinski definition) is 2. The van der Waals surface area contributed by atoms with Crippen molar-refractivity contribution < 1.29 is 9.59 Å². The van der Waals surface area contributed by atoms with Crippen molar-refractivity contribution >= 4 is 11.6 Å². The van der Waals surface area contributed by atoms with E-state index in [2.05, 4.69) is 12.2 Å². The van der Waals surface area contributed by atoms with E-state index in [9.17, 15) is 9.59 Å². The van der Waals surface area contributed by atoms with Gasteiger partial charge < -0.3 is 0 Å². The van der Waals surface area contributed by atoms with Crippen molar-refractivity contribution in [2.75, 3.05) is 0 Å². The third-order valence-corrected chi connectivity index (χ3v) is 4.93. The third-order valence-electron chi connectivity index (χ3n) is 4.93. The standard InChI is InChI=1S/C12H12O2/c13-9-3-7-5-1-2-6-8(7)4-10(14)12(6)11(5)9/h1-2,5-8,11-12H,3-4H2/t5-,6+,7+,8-,11+,12-. The second-order valence-corrected chi connectivity index (χ2v) is 5.26. The lowest BCUT2D eigenvalue weighted by molar-refractivity contribution is -0.130. The van der Waals surface area contributed by atoms with Crippen LogP contribution in [0.4, 0.5) is 0 Å². The van der Waals surface area contributed by atoms with Crippen molar-refractivity contribution in [3.05, 3.63) is 12.2 Å². The lowest BCUT2D eigenvalue weighted by Gasteiger charge is -2.41. The lowest BCUT2D eigenvalue weighted by atomic mass is 9.61. The quantitative estimate of drug-likeness (QED) is 0.535. The molecule has 3 saturated carbocycles. The van der Waals surface area contributed by atoms with Crippen LogP contribution in [0.1, 0.15) is 12.8 Å². The Morgan fingerprint density at radius 2 is 1.29 bits per heavy atom. The molecule has 2 heteroatoms. The molecular weight excluding hydrogens is 176 g/mol. The Morgan fingerprint density at radius 1 is 0.857 bits per heavy atom.